The van der Waals surface area contributed by atoms with Crippen LogP contribution in [-0.2, 0) is 4.79 Å². The van der Waals surface area contributed by atoms with E-state index in [-0.39, 0.29) is 17.9 Å². The van der Waals surface area contributed by atoms with Gasteiger partial charge in [0.05, 0.1) is 6.04 Å². The average Bonchev–Trinajstić information content (AvgIpc) is 2.52. The molecular formula is C14H28N2O. The van der Waals surface area contributed by atoms with Gasteiger partial charge in [0.25, 0.3) is 0 Å². The van der Waals surface area contributed by atoms with Crippen molar-refractivity contribution >= 4 is 5.91 Å². The number of carbonyl (C=O) groups is 1. The van der Waals surface area contributed by atoms with Crippen molar-refractivity contribution in [2.24, 2.45) is 17.6 Å². The summed E-state index contributed by atoms with van der Waals surface area (Å²) in [5, 5.41) is 3.13. The van der Waals surface area contributed by atoms with E-state index < -0.39 is 0 Å². The summed E-state index contributed by atoms with van der Waals surface area (Å²) in [7, 11) is 0. The molecule has 3 nitrogen and oxygen atoms in total. The van der Waals surface area contributed by atoms with E-state index in [2.05, 4.69) is 19.2 Å². The van der Waals surface area contributed by atoms with Gasteiger partial charge in [-0.25, -0.2) is 0 Å². The Morgan fingerprint density at radius 1 is 1.35 bits per heavy atom. The molecule has 0 heterocycles. The van der Waals surface area contributed by atoms with Crippen molar-refractivity contribution in [3.63, 3.8) is 0 Å². The number of nitrogens with one attached hydrogen (secondary N) is 1. The minimum Gasteiger partial charge on any atom is -0.352 e. The molecule has 1 amide bonds. The fourth-order valence-corrected chi connectivity index (χ4v) is 2.44. The lowest BCUT2D eigenvalue weighted by atomic mass is 9.98. The van der Waals surface area contributed by atoms with Crippen molar-refractivity contribution in [3.8, 4) is 0 Å². The quantitative estimate of drug-likeness (QED) is 0.742. The highest BCUT2D eigenvalue weighted by atomic mass is 16.2. The van der Waals surface area contributed by atoms with Gasteiger partial charge >= 0.3 is 0 Å². The third kappa shape index (κ3) is 4.66. The maximum absolute atomic E-state index is 12.0. The lowest BCUT2D eigenvalue weighted by Crippen LogP contribution is -2.48. The van der Waals surface area contributed by atoms with E-state index in [0.29, 0.717) is 6.04 Å². The second-order valence-electron chi connectivity index (χ2n) is 5.73. The maximum atomic E-state index is 12.0. The minimum absolute atomic E-state index is 0.0407. The summed E-state index contributed by atoms with van der Waals surface area (Å²) in [6, 6.07) is 0.00299. The molecule has 0 saturated heterocycles. The van der Waals surface area contributed by atoms with E-state index in [1.807, 2.05) is 6.92 Å². The summed E-state index contributed by atoms with van der Waals surface area (Å²) in [5.74, 6) is 1.11. The Balaban J connectivity index is 2.39. The van der Waals surface area contributed by atoms with Gasteiger partial charge in [0.2, 0.25) is 5.91 Å². The number of carbonyl (C=O) groups excluding carboxylic acids is 1. The summed E-state index contributed by atoms with van der Waals surface area (Å²) >= 11 is 0. The molecule has 1 fully saturated rings. The van der Waals surface area contributed by atoms with Crippen LogP contribution >= 0.6 is 0 Å². The van der Waals surface area contributed by atoms with Crippen molar-refractivity contribution in [1.82, 2.24) is 5.32 Å². The average molecular weight is 240 g/mol. The van der Waals surface area contributed by atoms with Gasteiger partial charge in [-0.2, -0.15) is 0 Å². The van der Waals surface area contributed by atoms with Crippen molar-refractivity contribution in [1.29, 1.82) is 0 Å². The predicted octanol–water partition coefficient (Wildman–Crippen LogP) is 2.44. The van der Waals surface area contributed by atoms with Gasteiger partial charge in [-0.15, -0.1) is 0 Å². The molecule has 4 atom stereocenters. The van der Waals surface area contributed by atoms with E-state index in [1.165, 1.54) is 19.3 Å². The van der Waals surface area contributed by atoms with Gasteiger partial charge in [0.1, 0.15) is 0 Å². The van der Waals surface area contributed by atoms with Crippen LogP contribution in [-0.4, -0.2) is 18.0 Å². The van der Waals surface area contributed by atoms with Crippen LogP contribution in [0.1, 0.15) is 59.3 Å². The Bertz CT molecular complexity index is 242. The van der Waals surface area contributed by atoms with Crippen LogP contribution in [0.5, 0.6) is 0 Å². The Labute approximate surface area is 106 Å². The van der Waals surface area contributed by atoms with Gasteiger partial charge < -0.3 is 11.1 Å². The SMILES string of the molecule is CCC(C)C(N)C(=O)NC1CCCC(C)CC1. The molecule has 0 radical (unpaired) electrons. The van der Waals surface area contributed by atoms with E-state index in [1.54, 1.807) is 0 Å². The number of amides is 1. The monoisotopic (exact) mass is 240 g/mol. The molecule has 0 bridgehead atoms. The lowest BCUT2D eigenvalue weighted by Gasteiger charge is -2.22. The highest BCUT2D eigenvalue weighted by Gasteiger charge is 2.23. The second kappa shape index (κ2) is 7.00. The largest absolute Gasteiger partial charge is 0.352 e. The van der Waals surface area contributed by atoms with Crippen LogP contribution in [0.25, 0.3) is 0 Å². The summed E-state index contributed by atoms with van der Waals surface area (Å²) in [4.78, 5) is 12.0. The summed E-state index contributed by atoms with van der Waals surface area (Å²) < 4.78 is 0. The minimum atomic E-state index is -0.347. The number of hydrogen-bond donors (Lipinski definition) is 2. The van der Waals surface area contributed by atoms with Crippen molar-refractivity contribution in [3.05, 3.63) is 0 Å². The van der Waals surface area contributed by atoms with Crippen molar-refractivity contribution in [2.75, 3.05) is 0 Å². The van der Waals surface area contributed by atoms with E-state index in [4.69, 9.17) is 5.73 Å². The first-order valence-corrected chi connectivity index (χ1v) is 7.10. The molecule has 1 saturated carbocycles. The molecule has 1 rings (SSSR count). The Morgan fingerprint density at radius 3 is 2.71 bits per heavy atom. The molecule has 1 aliphatic carbocycles. The first-order valence-electron chi connectivity index (χ1n) is 7.10. The van der Waals surface area contributed by atoms with Gasteiger partial charge in [-0.1, -0.05) is 40.0 Å². The Hall–Kier alpha value is -0.570. The lowest BCUT2D eigenvalue weighted by molar-refractivity contribution is -0.124. The predicted molar refractivity (Wildman–Crippen MR) is 71.6 cm³/mol. The van der Waals surface area contributed by atoms with Gasteiger partial charge in [-0.05, 0) is 31.1 Å². The molecular weight excluding hydrogens is 212 g/mol. The second-order valence-corrected chi connectivity index (χ2v) is 5.73. The fraction of sp³-hybridized carbons (Fsp3) is 0.929. The molecule has 0 aromatic heterocycles. The van der Waals surface area contributed by atoms with Crippen LogP contribution in [0.3, 0.4) is 0 Å². The zero-order chi connectivity index (χ0) is 12.8. The van der Waals surface area contributed by atoms with Crippen molar-refractivity contribution in [2.45, 2.75) is 71.4 Å². The normalized spacial score (nSPS) is 29.2. The third-order valence-corrected chi connectivity index (χ3v) is 4.16. The molecule has 100 valence electrons. The molecule has 4 unspecified atom stereocenters. The molecule has 0 aromatic rings. The van der Waals surface area contributed by atoms with Gasteiger partial charge in [-0.3, -0.25) is 4.79 Å². The van der Waals surface area contributed by atoms with Crippen LogP contribution in [0.15, 0.2) is 0 Å². The van der Waals surface area contributed by atoms with Crippen LogP contribution in [0.4, 0.5) is 0 Å². The van der Waals surface area contributed by atoms with Crippen LogP contribution < -0.4 is 11.1 Å². The molecule has 17 heavy (non-hydrogen) atoms. The van der Waals surface area contributed by atoms with Crippen molar-refractivity contribution < 1.29 is 4.79 Å². The van der Waals surface area contributed by atoms with E-state index in [9.17, 15) is 4.79 Å². The van der Waals surface area contributed by atoms with Gasteiger partial charge in [0.15, 0.2) is 0 Å². The summed E-state index contributed by atoms with van der Waals surface area (Å²) in [6.45, 7) is 6.42. The van der Waals surface area contributed by atoms with Crippen LogP contribution in [0.2, 0.25) is 0 Å². The zero-order valence-electron chi connectivity index (χ0n) is 11.5. The molecule has 3 N–H and O–H groups in total. The van der Waals surface area contributed by atoms with Crippen LogP contribution in [0, 0.1) is 11.8 Å². The fourth-order valence-electron chi connectivity index (χ4n) is 2.44. The zero-order valence-corrected chi connectivity index (χ0v) is 11.5. The summed E-state index contributed by atoms with van der Waals surface area (Å²) in [6.07, 6.45) is 6.93. The standard InChI is InChI=1S/C14H28N2O/c1-4-11(3)13(15)14(17)16-12-7-5-6-10(2)8-9-12/h10-13H,4-9,15H2,1-3H3,(H,16,17). The number of hydrogen-bond acceptors (Lipinski definition) is 2. The molecule has 0 aliphatic heterocycles. The first kappa shape index (κ1) is 14.5. The third-order valence-electron chi connectivity index (χ3n) is 4.16. The molecule has 1 aliphatic rings. The first-order chi connectivity index (χ1) is 8.04. The molecule has 3 heteroatoms. The highest BCUT2D eigenvalue weighted by Crippen LogP contribution is 2.22. The Kier molecular flexibility index (Phi) is 5.96. The summed E-state index contributed by atoms with van der Waals surface area (Å²) in [5.41, 5.74) is 5.94. The number of nitrogens with two attached hydrogens (primary N) is 1. The number of rotatable bonds is 4. The molecule has 0 spiro atoms. The maximum Gasteiger partial charge on any atom is 0.237 e. The Morgan fingerprint density at radius 2 is 2.06 bits per heavy atom. The topological polar surface area (TPSA) is 55.1 Å². The molecule has 0 aromatic carbocycles. The van der Waals surface area contributed by atoms with Gasteiger partial charge in [0, 0.05) is 6.04 Å². The highest BCUT2D eigenvalue weighted by molar-refractivity contribution is 5.82. The van der Waals surface area contributed by atoms with E-state index >= 15 is 0 Å². The smallest absolute Gasteiger partial charge is 0.237 e. The van der Waals surface area contributed by atoms with E-state index in [0.717, 1.165) is 25.2 Å².